The summed E-state index contributed by atoms with van der Waals surface area (Å²) < 4.78 is 1.17. The van der Waals surface area contributed by atoms with Gasteiger partial charge in [-0.25, -0.2) is 0 Å². The van der Waals surface area contributed by atoms with E-state index in [0.29, 0.717) is 5.92 Å². The Morgan fingerprint density at radius 3 is 2.47 bits per heavy atom. The third-order valence-electron chi connectivity index (χ3n) is 3.76. The van der Waals surface area contributed by atoms with Crippen molar-refractivity contribution in [2.45, 2.75) is 25.2 Å². The molecule has 1 aliphatic heterocycles. The van der Waals surface area contributed by atoms with Crippen molar-refractivity contribution >= 4 is 15.9 Å². The van der Waals surface area contributed by atoms with Crippen LogP contribution in [0.3, 0.4) is 0 Å². The second-order valence-electron chi connectivity index (χ2n) is 5.11. The summed E-state index contributed by atoms with van der Waals surface area (Å²) >= 11 is 3.48. The first-order chi connectivity index (χ1) is 8.33. The molecule has 0 radical (unpaired) electrons. The normalized spacial score (nSPS) is 24.5. The molecule has 2 aliphatic rings. The van der Waals surface area contributed by atoms with Crippen molar-refractivity contribution in [3.05, 3.63) is 46.0 Å². The van der Waals surface area contributed by atoms with E-state index in [0.717, 1.165) is 0 Å². The third-order valence-corrected chi connectivity index (χ3v) is 4.28. The molecule has 2 heteroatoms. The van der Waals surface area contributed by atoms with Gasteiger partial charge in [-0.15, -0.1) is 0 Å². The van der Waals surface area contributed by atoms with Crippen molar-refractivity contribution in [1.29, 1.82) is 0 Å². The van der Waals surface area contributed by atoms with Crippen LogP contribution in [0.25, 0.3) is 0 Å². The van der Waals surface area contributed by atoms with Crippen molar-refractivity contribution in [2.24, 2.45) is 0 Å². The Labute approximate surface area is 112 Å². The van der Waals surface area contributed by atoms with Gasteiger partial charge in [-0.3, -0.25) is 4.90 Å². The lowest BCUT2D eigenvalue weighted by Gasteiger charge is -2.25. The van der Waals surface area contributed by atoms with Crippen LogP contribution in [-0.4, -0.2) is 24.5 Å². The smallest absolute Gasteiger partial charge is 0.0244 e. The van der Waals surface area contributed by atoms with Gasteiger partial charge in [0.25, 0.3) is 0 Å². The molecule has 0 bridgehead atoms. The SMILES string of the molecule is Brc1ccc([C@H]2C=C2CN2CCCCC2)cc1. The van der Waals surface area contributed by atoms with Crippen LogP contribution in [0, 0.1) is 0 Å². The molecule has 17 heavy (non-hydrogen) atoms. The minimum Gasteiger partial charge on any atom is -0.299 e. The number of allylic oxidation sites excluding steroid dienone is 1. The summed E-state index contributed by atoms with van der Waals surface area (Å²) in [4.78, 5) is 2.61. The predicted octanol–water partition coefficient (Wildman–Crippen LogP) is 3.96. The zero-order chi connectivity index (χ0) is 11.7. The highest BCUT2D eigenvalue weighted by atomic mass is 79.9. The van der Waals surface area contributed by atoms with E-state index in [4.69, 9.17) is 0 Å². The zero-order valence-electron chi connectivity index (χ0n) is 10.0. The summed E-state index contributed by atoms with van der Waals surface area (Å²) in [6, 6.07) is 8.74. The lowest BCUT2D eigenvalue weighted by Crippen LogP contribution is -2.30. The quantitative estimate of drug-likeness (QED) is 0.762. The number of hydrogen-bond donors (Lipinski definition) is 0. The Balaban J connectivity index is 1.55. The molecule has 1 heterocycles. The molecule has 0 spiro atoms. The average Bonchev–Trinajstić information content (AvgIpc) is 3.11. The molecule has 1 fully saturated rings. The molecule has 3 rings (SSSR count). The number of piperidine rings is 1. The Morgan fingerprint density at radius 2 is 1.76 bits per heavy atom. The highest BCUT2D eigenvalue weighted by Gasteiger charge is 2.27. The number of likely N-dealkylation sites (tertiary alicyclic amines) is 1. The molecule has 0 saturated carbocycles. The Bertz CT molecular complexity index is 415. The molecule has 1 saturated heterocycles. The Kier molecular flexibility index (Phi) is 3.34. The lowest BCUT2D eigenvalue weighted by atomic mass is 10.1. The summed E-state index contributed by atoms with van der Waals surface area (Å²) in [6.07, 6.45) is 6.61. The van der Waals surface area contributed by atoms with Gasteiger partial charge in [0.15, 0.2) is 0 Å². The molecule has 1 aromatic carbocycles. The third kappa shape index (κ3) is 2.80. The molecule has 0 amide bonds. The zero-order valence-corrected chi connectivity index (χ0v) is 11.6. The monoisotopic (exact) mass is 291 g/mol. The van der Waals surface area contributed by atoms with Crippen molar-refractivity contribution < 1.29 is 0 Å². The van der Waals surface area contributed by atoms with E-state index in [1.807, 2.05) is 0 Å². The first-order valence-electron chi connectivity index (χ1n) is 6.51. The average molecular weight is 292 g/mol. The molecular weight excluding hydrogens is 274 g/mol. The molecule has 90 valence electrons. The molecule has 1 atom stereocenters. The highest BCUT2D eigenvalue weighted by molar-refractivity contribution is 9.10. The molecule has 1 aliphatic carbocycles. The topological polar surface area (TPSA) is 3.24 Å². The molecule has 1 aromatic rings. The van der Waals surface area contributed by atoms with Gasteiger partial charge in [0.1, 0.15) is 0 Å². The van der Waals surface area contributed by atoms with Gasteiger partial charge >= 0.3 is 0 Å². The maximum absolute atomic E-state index is 3.48. The van der Waals surface area contributed by atoms with Gasteiger partial charge in [0.05, 0.1) is 0 Å². The molecule has 0 aromatic heterocycles. The van der Waals surface area contributed by atoms with E-state index in [9.17, 15) is 0 Å². The summed E-state index contributed by atoms with van der Waals surface area (Å²) in [5.41, 5.74) is 3.06. The van der Waals surface area contributed by atoms with Crippen LogP contribution < -0.4 is 0 Å². The van der Waals surface area contributed by atoms with Gasteiger partial charge in [0, 0.05) is 16.9 Å². The van der Waals surface area contributed by atoms with E-state index < -0.39 is 0 Å². The van der Waals surface area contributed by atoms with Gasteiger partial charge in [0.2, 0.25) is 0 Å². The van der Waals surface area contributed by atoms with Crippen LogP contribution in [0.15, 0.2) is 40.4 Å². The van der Waals surface area contributed by atoms with E-state index in [1.54, 1.807) is 5.57 Å². The molecule has 1 nitrogen and oxygen atoms in total. The first-order valence-corrected chi connectivity index (χ1v) is 7.30. The van der Waals surface area contributed by atoms with E-state index >= 15 is 0 Å². The van der Waals surface area contributed by atoms with Gasteiger partial charge in [-0.05, 0) is 49.2 Å². The summed E-state index contributed by atoms with van der Waals surface area (Å²) in [5, 5.41) is 0. The van der Waals surface area contributed by atoms with Crippen LogP contribution in [0.2, 0.25) is 0 Å². The van der Waals surface area contributed by atoms with Gasteiger partial charge in [-0.2, -0.15) is 0 Å². The summed E-state index contributed by atoms with van der Waals surface area (Å²) in [5.74, 6) is 0.630. The second-order valence-corrected chi connectivity index (χ2v) is 6.02. The van der Waals surface area contributed by atoms with E-state index in [1.165, 1.54) is 48.9 Å². The van der Waals surface area contributed by atoms with Crippen LogP contribution in [-0.2, 0) is 0 Å². The molecular formula is C15H18BrN. The number of hydrogen-bond acceptors (Lipinski definition) is 1. The minimum absolute atomic E-state index is 0.630. The number of halogens is 1. The van der Waals surface area contributed by atoms with E-state index in [-0.39, 0.29) is 0 Å². The van der Waals surface area contributed by atoms with Crippen LogP contribution in [0.5, 0.6) is 0 Å². The molecule has 0 N–H and O–H groups in total. The fourth-order valence-electron chi connectivity index (χ4n) is 2.67. The minimum atomic E-state index is 0.630. The van der Waals surface area contributed by atoms with Crippen molar-refractivity contribution in [3.63, 3.8) is 0 Å². The Hall–Kier alpha value is -0.600. The maximum Gasteiger partial charge on any atom is 0.0244 e. The van der Waals surface area contributed by atoms with Crippen molar-refractivity contribution in [3.8, 4) is 0 Å². The first kappa shape index (κ1) is 11.5. The fraction of sp³-hybridized carbons (Fsp3) is 0.467. The highest BCUT2D eigenvalue weighted by Crippen LogP contribution is 2.40. The molecule has 0 unspecified atom stereocenters. The summed E-state index contributed by atoms with van der Waals surface area (Å²) in [6.45, 7) is 3.79. The van der Waals surface area contributed by atoms with Crippen molar-refractivity contribution in [1.82, 2.24) is 4.90 Å². The fourth-order valence-corrected chi connectivity index (χ4v) is 2.94. The standard InChI is InChI=1S/C15H18BrN/c16-14-6-4-12(5-7-14)15-10-13(15)11-17-8-2-1-3-9-17/h4-7,10,15H,1-3,8-9,11H2/t15-/m1/s1. The van der Waals surface area contributed by atoms with Crippen molar-refractivity contribution in [2.75, 3.05) is 19.6 Å². The summed E-state index contributed by atoms with van der Waals surface area (Å²) in [7, 11) is 0. The van der Waals surface area contributed by atoms with E-state index in [2.05, 4.69) is 51.2 Å². The van der Waals surface area contributed by atoms with Crippen LogP contribution in [0.4, 0.5) is 0 Å². The lowest BCUT2D eigenvalue weighted by molar-refractivity contribution is 0.248. The number of nitrogens with zero attached hydrogens (tertiary/aromatic N) is 1. The van der Waals surface area contributed by atoms with Gasteiger partial charge in [-0.1, -0.05) is 40.6 Å². The van der Waals surface area contributed by atoms with Crippen LogP contribution in [0.1, 0.15) is 30.7 Å². The largest absolute Gasteiger partial charge is 0.299 e. The number of rotatable bonds is 3. The predicted molar refractivity (Wildman–Crippen MR) is 75.3 cm³/mol. The number of benzene rings is 1. The Morgan fingerprint density at radius 1 is 1.06 bits per heavy atom. The van der Waals surface area contributed by atoms with Gasteiger partial charge < -0.3 is 0 Å². The second kappa shape index (κ2) is 4.95. The maximum atomic E-state index is 3.48. The van der Waals surface area contributed by atoms with Crippen LogP contribution >= 0.6 is 15.9 Å².